The lowest BCUT2D eigenvalue weighted by atomic mass is 10.3. The molecule has 0 radical (unpaired) electrons. The van der Waals surface area contributed by atoms with Crippen LogP contribution in [0.25, 0.3) is 0 Å². The molecule has 0 spiro atoms. The molecule has 0 atom stereocenters. The van der Waals surface area contributed by atoms with Crippen molar-refractivity contribution in [1.82, 2.24) is 8.61 Å². The number of benzene rings is 1. The molecule has 0 saturated carbocycles. The summed E-state index contributed by atoms with van der Waals surface area (Å²) >= 11 is 0. The summed E-state index contributed by atoms with van der Waals surface area (Å²) in [4.78, 5) is 0.156. The van der Waals surface area contributed by atoms with Gasteiger partial charge in [-0.1, -0.05) is 6.07 Å². The molecule has 1 aromatic rings. The highest BCUT2D eigenvalue weighted by Gasteiger charge is 2.30. The number of hydrogen-bond donors (Lipinski definition) is 0. The molecule has 1 aliphatic heterocycles. The highest BCUT2D eigenvalue weighted by molar-refractivity contribution is 7.89. The first-order chi connectivity index (χ1) is 10.8. The van der Waals surface area contributed by atoms with Crippen molar-refractivity contribution < 1.29 is 21.6 Å². The summed E-state index contributed by atoms with van der Waals surface area (Å²) in [6.07, 6.45) is 0.475. The van der Waals surface area contributed by atoms with E-state index < -0.39 is 20.0 Å². The largest absolute Gasteiger partial charge is 0.497 e. The number of ether oxygens (including phenoxy) is 1. The SMILES string of the molecule is CCS(=O)(=O)N1CCCN(S(=O)(=O)c2cccc(OC)c2)CC1. The zero-order chi connectivity index (χ0) is 17.1. The molecule has 23 heavy (non-hydrogen) atoms. The van der Waals surface area contributed by atoms with Crippen molar-refractivity contribution in [2.45, 2.75) is 18.2 Å². The van der Waals surface area contributed by atoms with Gasteiger partial charge in [0.25, 0.3) is 0 Å². The molecular formula is C14H22N2O5S2. The Morgan fingerprint density at radius 1 is 1.04 bits per heavy atom. The highest BCUT2D eigenvalue weighted by atomic mass is 32.2. The van der Waals surface area contributed by atoms with Crippen LogP contribution in [0.15, 0.2) is 29.2 Å². The predicted molar refractivity (Wildman–Crippen MR) is 87.4 cm³/mol. The molecule has 0 amide bonds. The lowest BCUT2D eigenvalue weighted by molar-refractivity contribution is 0.402. The van der Waals surface area contributed by atoms with Crippen LogP contribution in [0, 0.1) is 0 Å². The van der Waals surface area contributed by atoms with E-state index >= 15 is 0 Å². The molecule has 130 valence electrons. The topological polar surface area (TPSA) is 84.0 Å². The summed E-state index contributed by atoms with van der Waals surface area (Å²) in [5.41, 5.74) is 0. The van der Waals surface area contributed by atoms with Crippen molar-refractivity contribution in [2.24, 2.45) is 0 Å². The maximum Gasteiger partial charge on any atom is 0.243 e. The Balaban J connectivity index is 2.21. The van der Waals surface area contributed by atoms with Crippen LogP contribution in [-0.4, -0.2) is 64.5 Å². The Morgan fingerprint density at radius 3 is 2.35 bits per heavy atom. The Kier molecular flexibility index (Phi) is 5.66. The van der Waals surface area contributed by atoms with E-state index in [0.717, 1.165) is 0 Å². The maximum atomic E-state index is 12.7. The molecular weight excluding hydrogens is 340 g/mol. The summed E-state index contributed by atoms with van der Waals surface area (Å²) in [5.74, 6) is 0.492. The van der Waals surface area contributed by atoms with Crippen LogP contribution in [0.4, 0.5) is 0 Å². The van der Waals surface area contributed by atoms with E-state index in [1.54, 1.807) is 19.1 Å². The minimum absolute atomic E-state index is 0.0234. The van der Waals surface area contributed by atoms with Gasteiger partial charge < -0.3 is 4.74 Å². The molecule has 0 N–H and O–H groups in total. The molecule has 0 aliphatic carbocycles. The summed E-state index contributed by atoms with van der Waals surface area (Å²) in [6.45, 7) is 2.57. The van der Waals surface area contributed by atoms with E-state index in [-0.39, 0.29) is 23.7 Å². The smallest absolute Gasteiger partial charge is 0.243 e. The Morgan fingerprint density at radius 2 is 1.70 bits per heavy atom. The van der Waals surface area contributed by atoms with Crippen molar-refractivity contribution in [3.8, 4) is 5.75 Å². The van der Waals surface area contributed by atoms with E-state index in [1.807, 2.05) is 0 Å². The van der Waals surface area contributed by atoms with E-state index in [4.69, 9.17) is 4.74 Å². The van der Waals surface area contributed by atoms with Crippen LogP contribution in [0.3, 0.4) is 0 Å². The summed E-state index contributed by atoms with van der Waals surface area (Å²) in [6, 6.07) is 6.29. The molecule has 1 fully saturated rings. The molecule has 9 heteroatoms. The molecule has 2 rings (SSSR count). The first-order valence-corrected chi connectivity index (χ1v) is 10.5. The third-order valence-corrected chi connectivity index (χ3v) is 7.63. The summed E-state index contributed by atoms with van der Waals surface area (Å²) < 4.78 is 57.2. The van der Waals surface area contributed by atoms with E-state index in [0.29, 0.717) is 25.3 Å². The molecule has 0 bridgehead atoms. The fourth-order valence-corrected chi connectivity index (χ4v) is 5.12. The van der Waals surface area contributed by atoms with Crippen LogP contribution in [-0.2, 0) is 20.0 Å². The standard InChI is InChI=1S/C14H22N2O5S2/c1-3-22(17,18)15-8-5-9-16(11-10-15)23(19,20)14-7-4-6-13(12-14)21-2/h4,6-7,12H,3,5,8-11H2,1-2H3. The van der Waals surface area contributed by atoms with Crippen molar-refractivity contribution in [1.29, 1.82) is 0 Å². The summed E-state index contributed by atoms with van der Waals surface area (Å²) in [7, 11) is -5.48. The normalized spacial score (nSPS) is 18.5. The first-order valence-electron chi connectivity index (χ1n) is 7.43. The molecule has 7 nitrogen and oxygen atoms in total. The van der Waals surface area contributed by atoms with E-state index in [9.17, 15) is 16.8 Å². The van der Waals surface area contributed by atoms with E-state index in [2.05, 4.69) is 0 Å². The van der Waals surface area contributed by atoms with Gasteiger partial charge in [-0.3, -0.25) is 0 Å². The molecule has 1 saturated heterocycles. The monoisotopic (exact) mass is 362 g/mol. The molecule has 0 unspecified atom stereocenters. The first kappa shape index (κ1) is 18.2. The van der Waals surface area contributed by atoms with Gasteiger partial charge >= 0.3 is 0 Å². The Labute approximate surface area is 137 Å². The number of hydrogen-bond acceptors (Lipinski definition) is 5. The lowest BCUT2D eigenvalue weighted by Crippen LogP contribution is -2.37. The second-order valence-electron chi connectivity index (χ2n) is 5.24. The average molecular weight is 362 g/mol. The predicted octanol–water partition coefficient (Wildman–Crippen LogP) is 0.741. The van der Waals surface area contributed by atoms with Gasteiger partial charge in [0.2, 0.25) is 20.0 Å². The van der Waals surface area contributed by atoms with Crippen LogP contribution in [0.5, 0.6) is 5.75 Å². The third kappa shape index (κ3) is 4.03. The number of nitrogens with zero attached hydrogens (tertiary/aromatic N) is 2. The van der Waals surface area contributed by atoms with Gasteiger partial charge in [-0.25, -0.2) is 21.1 Å². The van der Waals surface area contributed by atoms with Crippen LogP contribution in [0.2, 0.25) is 0 Å². The zero-order valence-corrected chi connectivity index (χ0v) is 14.9. The minimum Gasteiger partial charge on any atom is -0.497 e. The minimum atomic E-state index is -3.66. The highest BCUT2D eigenvalue weighted by Crippen LogP contribution is 2.22. The van der Waals surface area contributed by atoms with Gasteiger partial charge in [0.05, 0.1) is 17.8 Å². The van der Waals surface area contributed by atoms with Gasteiger partial charge in [0.15, 0.2) is 0 Å². The zero-order valence-electron chi connectivity index (χ0n) is 13.3. The number of rotatable bonds is 5. The lowest BCUT2D eigenvalue weighted by Gasteiger charge is -2.21. The van der Waals surface area contributed by atoms with Gasteiger partial charge in [0.1, 0.15) is 5.75 Å². The van der Waals surface area contributed by atoms with Gasteiger partial charge in [0, 0.05) is 32.2 Å². The van der Waals surface area contributed by atoms with Crippen LogP contribution in [0.1, 0.15) is 13.3 Å². The maximum absolute atomic E-state index is 12.7. The van der Waals surface area contributed by atoms with Crippen LogP contribution < -0.4 is 4.74 Å². The van der Waals surface area contributed by atoms with Gasteiger partial charge in [-0.15, -0.1) is 0 Å². The van der Waals surface area contributed by atoms with Gasteiger partial charge in [-0.05, 0) is 25.5 Å². The second kappa shape index (κ2) is 7.16. The Bertz CT molecular complexity index is 746. The quantitative estimate of drug-likeness (QED) is 0.771. The average Bonchev–Trinajstić information content (AvgIpc) is 2.82. The Hall–Kier alpha value is -1.16. The van der Waals surface area contributed by atoms with Crippen molar-refractivity contribution in [3.63, 3.8) is 0 Å². The fourth-order valence-electron chi connectivity index (χ4n) is 2.48. The molecule has 1 aliphatic rings. The molecule has 1 aromatic carbocycles. The van der Waals surface area contributed by atoms with Crippen molar-refractivity contribution in [3.05, 3.63) is 24.3 Å². The van der Waals surface area contributed by atoms with Crippen molar-refractivity contribution >= 4 is 20.0 Å². The molecule has 0 aromatic heterocycles. The van der Waals surface area contributed by atoms with Crippen molar-refractivity contribution in [2.75, 3.05) is 39.0 Å². The van der Waals surface area contributed by atoms with Crippen LogP contribution >= 0.6 is 0 Å². The second-order valence-corrected chi connectivity index (χ2v) is 9.43. The summed E-state index contributed by atoms with van der Waals surface area (Å²) in [5, 5.41) is 0. The van der Waals surface area contributed by atoms with E-state index in [1.165, 1.54) is 27.9 Å². The number of methoxy groups -OCH3 is 1. The van der Waals surface area contributed by atoms with Gasteiger partial charge in [-0.2, -0.15) is 4.31 Å². The third-order valence-electron chi connectivity index (χ3n) is 3.85. The number of sulfonamides is 2. The molecule has 1 heterocycles. The fraction of sp³-hybridized carbons (Fsp3) is 0.571.